The molecule has 1 aliphatic heterocycles. The largest absolute Gasteiger partial charge is 0.323 e. The molecule has 2 aromatic heterocycles. The van der Waals surface area contributed by atoms with Crippen LogP contribution in [0.15, 0.2) is 61.2 Å². The Morgan fingerprint density at radius 1 is 1.16 bits per heavy atom. The molecule has 6 nitrogen and oxygen atoms in total. The molecule has 1 N–H and O–H groups in total. The zero-order valence-corrected chi connectivity index (χ0v) is 18.7. The van der Waals surface area contributed by atoms with E-state index in [9.17, 15) is 4.79 Å². The molecule has 0 spiro atoms. The van der Waals surface area contributed by atoms with Crippen molar-refractivity contribution in [2.24, 2.45) is 5.41 Å². The van der Waals surface area contributed by atoms with Crippen LogP contribution in [0.25, 0.3) is 17.2 Å². The van der Waals surface area contributed by atoms with Crippen molar-refractivity contribution in [2.45, 2.75) is 39.3 Å². The summed E-state index contributed by atoms with van der Waals surface area (Å²) in [7, 11) is 0. The van der Waals surface area contributed by atoms with Gasteiger partial charge in [-0.05, 0) is 53.7 Å². The van der Waals surface area contributed by atoms with Crippen LogP contribution in [0, 0.1) is 5.41 Å². The molecule has 2 aliphatic rings. The quantitative estimate of drug-likeness (QED) is 0.552. The van der Waals surface area contributed by atoms with Gasteiger partial charge in [0.2, 0.25) is 5.91 Å². The van der Waals surface area contributed by atoms with Crippen LogP contribution in [0.3, 0.4) is 0 Å². The number of aromatic nitrogens is 3. The molecule has 3 aromatic rings. The van der Waals surface area contributed by atoms with E-state index in [1.54, 1.807) is 18.5 Å². The van der Waals surface area contributed by atoms with Crippen molar-refractivity contribution in [1.29, 1.82) is 0 Å². The third-order valence-electron chi connectivity index (χ3n) is 6.03. The van der Waals surface area contributed by atoms with Gasteiger partial charge < -0.3 is 5.32 Å². The molecule has 1 aromatic carbocycles. The Labute approximate surface area is 189 Å². The number of pyridine rings is 1. The van der Waals surface area contributed by atoms with Crippen molar-refractivity contribution in [3.8, 4) is 11.1 Å². The molecule has 0 unspecified atom stereocenters. The zero-order valence-electron chi connectivity index (χ0n) is 18.7. The van der Waals surface area contributed by atoms with Gasteiger partial charge in [-0.2, -0.15) is 5.10 Å². The van der Waals surface area contributed by atoms with Crippen molar-refractivity contribution in [1.82, 2.24) is 19.7 Å². The standard InChI is InChI=1S/C26H29N5O/c1-26(2)17-30(18-26)15-19-3-6-22(7-4-19)29-25(32)10-5-20-13-27-12-11-24(20)21-14-28-31(16-21)23-8-9-23/h3-7,10-14,16,23H,8-9,15,17-18H2,1-2H3,(H,29,32)/b10-5+. The molecule has 164 valence electrons. The molecule has 1 aliphatic carbocycles. The first-order chi connectivity index (χ1) is 15.4. The maximum Gasteiger partial charge on any atom is 0.248 e. The molecule has 1 amide bonds. The SMILES string of the molecule is CC1(C)CN(Cc2ccc(NC(=O)/C=C/c3cnccc3-c3cnn(C4CC4)c3)cc2)C1. The lowest BCUT2D eigenvalue weighted by molar-refractivity contribution is -0.111. The van der Waals surface area contributed by atoms with Crippen LogP contribution in [0.4, 0.5) is 5.69 Å². The van der Waals surface area contributed by atoms with Crippen LogP contribution in [0.5, 0.6) is 0 Å². The van der Waals surface area contributed by atoms with Crippen molar-refractivity contribution >= 4 is 17.7 Å². The molecule has 2 fully saturated rings. The van der Waals surface area contributed by atoms with Gasteiger partial charge in [0.15, 0.2) is 0 Å². The van der Waals surface area contributed by atoms with Crippen LogP contribution in [-0.2, 0) is 11.3 Å². The summed E-state index contributed by atoms with van der Waals surface area (Å²) in [4.78, 5) is 19.1. The van der Waals surface area contributed by atoms with E-state index in [2.05, 4.69) is 52.5 Å². The minimum atomic E-state index is -0.161. The summed E-state index contributed by atoms with van der Waals surface area (Å²) in [6.07, 6.45) is 13.3. The molecule has 1 saturated carbocycles. The van der Waals surface area contributed by atoms with E-state index < -0.39 is 0 Å². The maximum atomic E-state index is 12.5. The number of hydrogen-bond donors (Lipinski definition) is 1. The van der Waals surface area contributed by atoms with Gasteiger partial charge in [0.25, 0.3) is 0 Å². The van der Waals surface area contributed by atoms with Crippen molar-refractivity contribution < 1.29 is 4.79 Å². The number of amides is 1. The van der Waals surface area contributed by atoms with Gasteiger partial charge in [0, 0.05) is 61.1 Å². The summed E-state index contributed by atoms with van der Waals surface area (Å²) in [6, 6.07) is 10.6. The summed E-state index contributed by atoms with van der Waals surface area (Å²) < 4.78 is 2.03. The monoisotopic (exact) mass is 427 g/mol. The first kappa shape index (κ1) is 20.6. The molecule has 0 radical (unpaired) electrons. The van der Waals surface area contributed by atoms with Gasteiger partial charge in [0.05, 0.1) is 12.2 Å². The predicted octanol–water partition coefficient (Wildman–Crippen LogP) is 4.77. The number of hydrogen-bond acceptors (Lipinski definition) is 4. The highest BCUT2D eigenvalue weighted by Crippen LogP contribution is 2.35. The number of nitrogens with zero attached hydrogens (tertiary/aromatic N) is 4. The summed E-state index contributed by atoms with van der Waals surface area (Å²) >= 11 is 0. The number of nitrogens with one attached hydrogen (secondary N) is 1. The Morgan fingerprint density at radius 2 is 1.94 bits per heavy atom. The summed E-state index contributed by atoms with van der Waals surface area (Å²) in [6.45, 7) is 7.82. The van der Waals surface area contributed by atoms with Crippen LogP contribution in [0.1, 0.15) is 43.9 Å². The van der Waals surface area contributed by atoms with Gasteiger partial charge in [-0.3, -0.25) is 19.4 Å². The summed E-state index contributed by atoms with van der Waals surface area (Å²) in [5.74, 6) is -0.161. The second-order valence-corrected chi connectivity index (χ2v) is 9.73. The number of rotatable bonds is 7. The second kappa shape index (κ2) is 8.36. The highest BCUT2D eigenvalue weighted by Gasteiger charge is 2.33. The molecule has 1 saturated heterocycles. The van der Waals surface area contributed by atoms with Gasteiger partial charge in [-0.15, -0.1) is 0 Å². The Morgan fingerprint density at radius 3 is 2.66 bits per heavy atom. The van der Waals surface area contributed by atoms with Gasteiger partial charge >= 0.3 is 0 Å². The van der Waals surface area contributed by atoms with Crippen LogP contribution < -0.4 is 5.32 Å². The van der Waals surface area contributed by atoms with Crippen LogP contribution in [0.2, 0.25) is 0 Å². The number of anilines is 1. The smallest absolute Gasteiger partial charge is 0.248 e. The van der Waals surface area contributed by atoms with Crippen molar-refractivity contribution in [3.05, 3.63) is 72.3 Å². The molecule has 6 heteroatoms. The molecular weight excluding hydrogens is 398 g/mol. The van der Waals surface area contributed by atoms with E-state index in [0.29, 0.717) is 11.5 Å². The average molecular weight is 428 g/mol. The average Bonchev–Trinajstić information content (AvgIpc) is 3.49. The number of likely N-dealkylation sites (tertiary alicyclic amines) is 1. The topological polar surface area (TPSA) is 63.1 Å². The summed E-state index contributed by atoms with van der Waals surface area (Å²) in [5.41, 5.74) is 5.46. The maximum absolute atomic E-state index is 12.5. The van der Waals surface area contributed by atoms with E-state index in [0.717, 1.165) is 42.0 Å². The molecule has 5 rings (SSSR count). The zero-order chi connectivity index (χ0) is 22.1. The lowest BCUT2D eigenvalue weighted by Crippen LogP contribution is -2.52. The summed E-state index contributed by atoms with van der Waals surface area (Å²) in [5, 5.41) is 7.42. The Hall–Kier alpha value is -3.25. The molecule has 0 bridgehead atoms. The van der Waals surface area contributed by atoms with Gasteiger partial charge in [0.1, 0.15) is 0 Å². The Kier molecular flexibility index (Phi) is 5.39. The molecule has 3 heterocycles. The normalized spacial score (nSPS) is 17.9. The third-order valence-corrected chi connectivity index (χ3v) is 6.03. The fraction of sp³-hybridized carbons (Fsp3) is 0.346. The highest BCUT2D eigenvalue weighted by molar-refractivity contribution is 6.02. The Bertz CT molecular complexity index is 1130. The predicted molar refractivity (Wildman–Crippen MR) is 127 cm³/mol. The van der Waals surface area contributed by atoms with Gasteiger partial charge in [-0.25, -0.2) is 0 Å². The number of benzene rings is 1. The first-order valence-corrected chi connectivity index (χ1v) is 11.2. The van der Waals surface area contributed by atoms with Crippen LogP contribution in [-0.4, -0.2) is 38.7 Å². The lowest BCUT2D eigenvalue weighted by atomic mass is 9.84. The highest BCUT2D eigenvalue weighted by atomic mass is 16.1. The minimum Gasteiger partial charge on any atom is -0.323 e. The van der Waals surface area contributed by atoms with Crippen molar-refractivity contribution in [3.63, 3.8) is 0 Å². The fourth-order valence-corrected chi connectivity index (χ4v) is 4.40. The third kappa shape index (κ3) is 4.81. The molecule has 32 heavy (non-hydrogen) atoms. The van der Waals surface area contributed by atoms with Crippen LogP contribution >= 0.6 is 0 Å². The minimum absolute atomic E-state index is 0.161. The second-order valence-electron chi connectivity index (χ2n) is 9.73. The van der Waals surface area contributed by atoms with E-state index in [1.807, 2.05) is 35.2 Å². The fourth-order valence-electron chi connectivity index (χ4n) is 4.40. The Balaban J connectivity index is 1.20. The van der Waals surface area contributed by atoms with Crippen molar-refractivity contribution in [2.75, 3.05) is 18.4 Å². The molecule has 0 atom stereocenters. The van der Waals surface area contributed by atoms with E-state index in [4.69, 9.17) is 0 Å². The van der Waals surface area contributed by atoms with E-state index in [-0.39, 0.29) is 5.91 Å². The number of carbonyl (C=O) groups excluding carboxylic acids is 1. The van der Waals surface area contributed by atoms with Gasteiger partial charge in [-0.1, -0.05) is 26.0 Å². The molecular formula is C26H29N5O. The van der Waals surface area contributed by atoms with E-state index in [1.165, 1.54) is 18.4 Å². The number of carbonyl (C=O) groups is 1. The lowest BCUT2D eigenvalue weighted by Gasteiger charge is -2.46. The van der Waals surface area contributed by atoms with E-state index >= 15 is 0 Å². The first-order valence-electron chi connectivity index (χ1n) is 11.2.